The van der Waals surface area contributed by atoms with Gasteiger partial charge in [-0.15, -0.1) is 0 Å². The fraction of sp³-hybridized carbons (Fsp3) is 0.500. The van der Waals surface area contributed by atoms with Gasteiger partial charge in [0, 0.05) is 6.07 Å². The predicted molar refractivity (Wildman–Crippen MR) is 33.4 cm³/mol. The SMILES string of the molecule is OC(O)c1cc(CC(F)(F)F)on1. The number of nitrogens with zero attached hydrogens (tertiary/aromatic N) is 1. The Bertz CT molecular complexity index is 281. The molecular weight excluding hydrogens is 191 g/mol. The zero-order valence-corrected chi connectivity index (χ0v) is 6.25. The van der Waals surface area contributed by atoms with Gasteiger partial charge in [0.15, 0.2) is 6.29 Å². The van der Waals surface area contributed by atoms with Crippen LogP contribution in [0.1, 0.15) is 17.7 Å². The van der Waals surface area contributed by atoms with Gasteiger partial charge in [0.2, 0.25) is 0 Å². The molecule has 13 heavy (non-hydrogen) atoms. The second-order valence-corrected chi connectivity index (χ2v) is 2.38. The van der Waals surface area contributed by atoms with E-state index in [4.69, 9.17) is 10.2 Å². The smallest absolute Gasteiger partial charge is 0.363 e. The molecule has 0 aliphatic carbocycles. The quantitative estimate of drug-likeness (QED) is 0.687. The van der Waals surface area contributed by atoms with Gasteiger partial charge in [0.05, 0.1) is 0 Å². The van der Waals surface area contributed by atoms with Gasteiger partial charge in [-0.2, -0.15) is 13.2 Å². The van der Waals surface area contributed by atoms with Crippen LogP contribution >= 0.6 is 0 Å². The van der Waals surface area contributed by atoms with Crippen LogP contribution in [0.3, 0.4) is 0 Å². The third kappa shape index (κ3) is 3.03. The fourth-order valence-electron chi connectivity index (χ4n) is 0.732. The minimum absolute atomic E-state index is 0.334. The molecule has 0 bridgehead atoms. The Morgan fingerprint density at radius 3 is 2.46 bits per heavy atom. The highest BCUT2D eigenvalue weighted by Gasteiger charge is 2.30. The number of halogens is 3. The minimum Gasteiger partial charge on any atom is -0.363 e. The zero-order valence-electron chi connectivity index (χ0n) is 6.25. The first-order valence-electron chi connectivity index (χ1n) is 3.27. The van der Waals surface area contributed by atoms with Crippen LogP contribution in [0, 0.1) is 0 Å². The van der Waals surface area contributed by atoms with E-state index in [-0.39, 0.29) is 5.69 Å². The van der Waals surface area contributed by atoms with Crippen LogP contribution in [0.5, 0.6) is 0 Å². The van der Waals surface area contributed by atoms with Crippen LogP contribution in [-0.2, 0) is 6.42 Å². The van der Waals surface area contributed by atoms with Gasteiger partial charge in [0.1, 0.15) is 17.9 Å². The number of aliphatic hydroxyl groups excluding tert-OH is 1. The number of hydrogen-bond donors (Lipinski definition) is 2. The lowest BCUT2D eigenvalue weighted by Gasteiger charge is -2.00. The molecule has 0 saturated carbocycles. The maximum atomic E-state index is 11.7. The van der Waals surface area contributed by atoms with Crippen molar-refractivity contribution in [1.82, 2.24) is 5.16 Å². The summed E-state index contributed by atoms with van der Waals surface area (Å²) in [6, 6.07) is 0.845. The number of alkyl halides is 3. The molecule has 0 aliphatic heterocycles. The van der Waals surface area contributed by atoms with Crippen LogP contribution in [0.15, 0.2) is 10.6 Å². The third-order valence-corrected chi connectivity index (χ3v) is 1.22. The van der Waals surface area contributed by atoms with Gasteiger partial charge in [0.25, 0.3) is 0 Å². The van der Waals surface area contributed by atoms with Crippen molar-refractivity contribution in [3.8, 4) is 0 Å². The maximum absolute atomic E-state index is 11.7. The molecule has 0 fully saturated rings. The molecule has 0 radical (unpaired) electrons. The van der Waals surface area contributed by atoms with E-state index in [9.17, 15) is 13.2 Å². The van der Waals surface area contributed by atoms with Gasteiger partial charge < -0.3 is 14.7 Å². The van der Waals surface area contributed by atoms with E-state index < -0.39 is 24.6 Å². The minimum atomic E-state index is -4.39. The molecule has 2 N–H and O–H groups in total. The average Bonchev–Trinajstić information content (AvgIpc) is 2.31. The fourth-order valence-corrected chi connectivity index (χ4v) is 0.732. The Labute approximate surface area is 70.6 Å². The monoisotopic (exact) mass is 197 g/mol. The van der Waals surface area contributed by atoms with E-state index in [0.29, 0.717) is 0 Å². The van der Waals surface area contributed by atoms with Crippen molar-refractivity contribution >= 4 is 0 Å². The Morgan fingerprint density at radius 2 is 2.08 bits per heavy atom. The molecule has 0 aromatic carbocycles. The summed E-state index contributed by atoms with van der Waals surface area (Å²) >= 11 is 0. The van der Waals surface area contributed by atoms with E-state index >= 15 is 0 Å². The normalized spacial score (nSPS) is 12.5. The summed E-state index contributed by atoms with van der Waals surface area (Å²) in [7, 11) is 0. The van der Waals surface area contributed by atoms with Crippen molar-refractivity contribution in [2.45, 2.75) is 18.9 Å². The average molecular weight is 197 g/mol. The predicted octanol–water partition coefficient (Wildman–Crippen LogP) is 0.763. The van der Waals surface area contributed by atoms with Crippen LogP contribution in [0.4, 0.5) is 13.2 Å². The maximum Gasteiger partial charge on any atom is 0.396 e. The molecule has 7 heteroatoms. The first kappa shape index (κ1) is 10.0. The molecule has 0 amide bonds. The van der Waals surface area contributed by atoms with Crippen LogP contribution in [0.2, 0.25) is 0 Å². The van der Waals surface area contributed by atoms with Crippen LogP contribution in [-0.4, -0.2) is 21.5 Å². The number of hydrogen-bond acceptors (Lipinski definition) is 4. The molecule has 0 unspecified atom stereocenters. The van der Waals surface area contributed by atoms with Crippen molar-refractivity contribution in [3.63, 3.8) is 0 Å². The van der Waals surface area contributed by atoms with Gasteiger partial charge in [-0.3, -0.25) is 0 Å². The second kappa shape index (κ2) is 3.35. The molecule has 0 spiro atoms. The first-order valence-corrected chi connectivity index (χ1v) is 3.27. The molecule has 1 heterocycles. The summed E-state index contributed by atoms with van der Waals surface area (Å²) in [5.41, 5.74) is -0.334. The third-order valence-electron chi connectivity index (χ3n) is 1.22. The Hall–Kier alpha value is -1.08. The van der Waals surface area contributed by atoms with Crippen molar-refractivity contribution in [2.75, 3.05) is 0 Å². The lowest BCUT2D eigenvalue weighted by Crippen LogP contribution is -2.10. The van der Waals surface area contributed by atoms with E-state index in [1.165, 1.54) is 0 Å². The zero-order chi connectivity index (χ0) is 10.1. The van der Waals surface area contributed by atoms with Crippen molar-refractivity contribution in [2.24, 2.45) is 0 Å². The Morgan fingerprint density at radius 1 is 1.46 bits per heavy atom. The van der Waals surface area contributed by atoms with Crippen molar-refractivity contribution in [1.29, 1.82) is 0 Å². The summed E-state index contributed by atoms with van der Waals surface area (Å²) in [5, 5.41) is 20.0. The van der Waals surface area contributed by atoms with Gasteiger partial charge >= 0.3 is 6.18 Å². The van der Waals surface area contributed by atoms with E-state index in [0.717, 1.165) is 6.07 Å². The number of aromatic nitrogens is 1. The van der Waals surface area contributed by atoms with Crippen LogP contribution < -0.4 is 0 Å². The van der Waals surface area contributed by atoms with Crippen molar-refractivity contribution in [3.05, 3.63) is 17.5 Å². The molecule has 1 aromatic heterocycles. The molecule has 1 aromatic rings. The lowest BCUT2D eigenvalue weighted by atomic mass is 10.3. The lowest BCUT2D eigenvalue weighted by molar-refractivity contribution is -0.130. The highest BCUT2D eigenvalue weighted by molar-refractivity contribution is 5.07. The van der Waals surface area contributed by atoms with E-state index in [1.54, 1.807) is 0 Å². The Balaban J connectivity index is 2.70. The van der Waals surface area contributed by atoms with Gasteiger partial charge in [-0.25, -0.2) is 0 Å². The van der Waals surface area contributed by atoms with Crippen molar-refractivity contribution < 1.29 is 27.9 Å². The number of aliphatic hydroxyl groups is 2. The molecular formula is C6H6F3NO3. The highest BCUT2D eigenvalue weighted by atomic mass is 19.4. The van der Waals surface area contributed by atoms with E-state index in [1.807, 2.05) is 0 Å². The Kier molecular flexibility index (Phi) is 2.58. The summed E-state index contributed by atoms with van der Waals surface area (Å²) in [6.45, 7) is 0. The molecule has 1 rings (SSSR count). The first-order chi connectivity index (χ1) is 5.88. The largest absolute Gasteiger partial charge is 0.396 e. The summed E-state index contributed by atoms with van der Waals surface area (Å²) < 4.78 is 39.4. The van der Waals surface area contributed by atoms with Gasteiger partial charge in [-0.05, 0) is 0 Å². The second-order valence-electron chi connectivity index (χ2n) is 2.38. The molecule has 0 atom stereocenters. The molecule has 0 saturated heterocycles. The summed E-state index contributed by atoms with van der Waals surface area (Å²) in [5.74, 6) is -0.449. The van der Waals surface area contributed by atoms with E-state index in [2.05, 4.69) is 9.68 Å². The standard InChI is InChI=1S/C6H6F3NO3/c7-6(8,9)2-3-1-4(5(11)12)10-13-3/h1,5,11-12H,2H2. The molecule has 4 nitrogen and oxygen atoms in total. The molecule has 0 aliphatic rings. The number of rotatable bonds is 2. The molecule has 74 valence electrons. The van der Waals surface area contributed by atoms with Crippen LogP contribution in [0.25, 0.3) is 0 Å². The topological polar surface area (TPSA) is 66.5 Å². The highest BCUT2D eigenvalue weighted by Crippen LogP contribution is 2.22. The van der Waals surface area contributed by atoms with Gasteiger partial charge in [-0.1, -0.05) is 5.16 Å². The summed E-state index contributed by atoms with van der Waals surface area (Å²) in [6.07, 6.45) is -7.57. The summed E-state index contributed by atoms with van der Waals surface area (Å²) in [4.78, 5) is 0.